The number of nitrogens with one attached hydrogen (secondary N) is 2. The first-order valence-electron chi connectivity index (χ1n) is 7.25. The average molecular weight is 287 g/mol. The number of rotatable bonds is 5. The number of anilines is 1. The number of hydrogen-bond donors (Lipinski definition) is 2. The first-order chi connectivity index (χ1) is 9.81. The van der Waals surface area contributed by atoms with E-state index in [0.717, 1.165) is 31.7 Å². The molecule has 0 saturated carbocycles. The van der Waals surface area contributed by atoms with E-state index in [2.05, 4.69) is 52.2 Å². The molecule has 0 saturated heterocycles. The molecule has 1 unspecified atom stereocenters. The molecule has 1 aromatic carbocycles. The minimum atomic E-state index is 0.683. The minimum Gasteiger partial charge on any atom is -0.384 e. The highest BCUT2D eigenvalue weighted by Crippen LogP contribution is 2.23. The molecule has 0 spiro atoms. The van der Waals surface area contributed by atoms with Gasteiger partial charge < -0.3 is 10.6 Å². The number of fused-ring (bicyclic) bond motifs is 1. The summed E-state index contributed by atoms with van der Waals surface area (Å²) in [5.41, 5.74) is 3.89. The van der Waals surface area contributed by atoms with E-state index in [4.69, 9.17) is 0 Å². The predicted molar refractivity (Wildman–Crippen MR) is 85.6 cm³/mol. The molecule has 2 aromatic rings. The highest BCUT2D eigenvalue weighted by atomic mass is 32.1. The number of nitrogens with zero attached hydrogens (tertiary/aromatic N) is 1. The van der Waals surface area contributed by atoms with Crippen LogP contribution in [-0.2, 0) is 12.8 Å². The lowest BCUT2D eigenvalue weighted by molar-refractivity contribution is 0.485. The second-order valence-corrected chi connectivity index (χ2v) is 6.39. The average Bonchev–Trinajstić information content (AvgIpc) is 2.89. The molecule has 3 rings (SSSR count). The van der Waals surface area contributed by atoms with E-state index in [9.17, 15) is 0 Å². The Morgan fingerprint density at radius 3 is 3.15 bits per heavy atom. The van der Waals surface area contributed by atoms with Gasteiger partial charge in [-0.2, -0.15) is 0 Å². The zero-order valence-electron chi connectivity index (χ0n) is 11.9. The Labute approximate surface area is 124 Å². The molecule has 2 N–H and O–H groups in total. The molecule has 4 heteroatoms. The summed E-state index contributed by atoms with van der Waals surface area (Å²) in [5, 5.41) is 10.5. The van der Waals surface area contributed by atoms with Gasteiger partial charge in [0.15, 0.2) is 0 Å². The number of hydrogen-bond acceptors (Lipinski definition) is 4. The van der Waals surface area contributed by atoms with Crippen molar-refractivity contribution in [2.24, 2.45) is 5.92 Å². The van der Waals surface area contributed by atoms with Crippen molar-refractivity contribution in [1.82, 2.24) is 10.3 Å². The van der Waals surface area contributed by atoms with Gasteiger partial charge in [0, 0.05) is 36.3 Å². The first-order valence-corrected chi connectivity index (χ1v) is 8.13. The quantitative estimate of drug-likeness (QED) is 0.830. The maximum atomic E-state index is 4.49. The van der Waals surface area contributed by atoms with Gasteiger partial charge in [-0.1, -0.05) is 18.2 Å². The number of aromatic nitrogens is 1. The summed E-state index contributed by atoms with van der Waals surface area (Å²) in [4.78, 5) is 4.49. The molecule has 0 amide bonds. The summed E-state index contributed by atoms with van der Waals surface area (Å²) in [5.74, 6) is 0.683. The van der Waals surface area contributed by atoms with E-state index in [1.807, 2.05) is 0 Å². The van der Waals surface area contributed by atoms with Crippen LogP contribution < -0.4 is 10.6 Å². The smallest absolute Gasteiger partial charge is 0.0940 e. The fourth-order valence-corrected chi connectivity index (χ4v) is 3.45. The highest BCUT2D eigenvalue weighted by molar-refractivity contribution is 7.09. The van der Waals surface area contributed by atoms with Crippen molar-refractivity contribution in [1.29, 1.82) is 0 Å². The van der Waals surface area contributed by atoms with Crippen LogP contribution in [0.4, 0.5) is 5.69 Å². The van der Waals surface area contributed by atoms with Gasteiger partial charge in [-0.15, -0.1) is 11.3 Å². The molecule has 106 valence electrons. The Bertz CT molecular complexity index is 564. The van der Waals surface area contributed by atoms with E-state index in [-0.39, 0.29) is 0 Å². The lowest BCUT2D eigenvalue weighted by Gasteiger charge is -2.26. The van der Waals surface area contributed by atoms with Gasteiger partial charge >= 0.3 is 0 Å². The first kappa shape index (κ1) is 13.6. The molecule has 0 bridgehead atoms. The van der Waals surface area contributed by atoms with Gasteiger partial charge in [0.1, 0.15) is 0 Å². The topological polar surface area (TPSA) is 37.0 Å². The molecular formula is C16H21N3S. The molecule has 1 aliphatic rings. The third-order valence-electron chi connectivity index (χ3n) is 3.72. The molecule has 0 radical (unpaired) electrons. The van der Waals surface area contributed by atoms with Crippen molar-refractivity contribution in [2.45, 2.75) is 19.8 Å². The second-order valence-electron chi connectivity index (χ2n) is 5.44. The van der Waals surface area contributed by atoms with E-state index in [0.29, 0.717) is 5.92 Å². The van der Waals surface area contributed by atoms with Crippen LogP contribution in [0, 0.1) is 12.8 Å². The summed E-state index contributed by atoms with van der Waals surface area (Å²) < 4.78 is 0. The Balaban J connectivity index is 1.42. The van der Waals surface area contributed by atoms with Crippen LogP contribution >= 0.6 is 11.3 Å². The number of thiazole rings is 1. The summed E-state index contributed by atoms with van der Waals surface area (Å²) in [6.07, 6.45) is 2.21. The Kier molecular flexibility index (Phi) is 4.33. The zero-order chi connectivity index (χ0) is 13.8. The number of benzene rings is 1. The molecular weight excluding hydrogens is 266 g/mol. The third kappa shape index (κ3) is 3.38. The lowest BCUT2D eigenvalue weighted by Crippen LogP contribution is -2.33. The molecule has 0 fully saturated rings. The summed E-state index contributed by atoms with van der Waals surface area (Å²) in [7, 11) is 0. The van der Waals surface area contributed by atoms with Crippen LogP contribution in [0.2, 0.25) is 0 Å². The fourth-order valence-electron chi connectivity index (χ4n) is 2.67. The number of para-hydroxylation sites is 1. The largest absolute Gasteiger partial charge is 0.384 e. The molecule has 20 heavy (non-hydrogen) atoms. The Hall–Kier alpha value is -1.39. The van der Waals surface area contributed by atoms with E-state index >= 15 is 0 Å². The van der Waals surface area contributed by atoms with Gasteiger partial charge in [0.2, 0.25) is 0 Å². The van der Waals surface area contributed by atoms with Gasteiger partial charge in [-0.3, -0.25) is 0 Å². The molecule has 0 aliphatic carbocycles. The van der Waals surface area contributed by atoms with Crippen LogP contribution in [-0.4, -0.2) is 24.6 Å². The van der Waals surface area contributed by atoms with E-state index < -0.39 is 0 Å². The Morgan fingerprint density at radius 2 is 2.30 bits per heavy atom. The monoisotopic (exact) mass is 287 g/mol. The van der Waals surface area contributed by atoms with E-state index in [1.165, 1.54) is 22.7 Å². The Morgan fingerprint density at radius 1 is 1.40 bits per heavy atom. The van der Waals surface area contributed by atoms with Crippen molar-refractivity contribution in [3.63, 3.8) is 0 Å². The predicted octanol–water partition coefficient (Wildman–Crippen LogP) is 2.87. The molecule has 3 nitrogen and oxygen atoms in total. The van der Waals surface area contributed by atoms with Gasteiger partial charge in [-0.05, 0) is 37.4 Å². The molecule has 2 heterocycles. The van der Waals surface area contributed by atoms with Crippen LogP contribution in [0.1, 0.15) is 16.3 Å². The van der Waals surface area contributed by atoms with Crippen LogP contribution in [0.5, 0.6) is 0 Å². The van der Waals surface area contributed by atoms with E-state index in [1.54, 1.807) is 11.3 Å². The van der Waals surface area contributed by atoms with Gasteiger partial charge in [0.05, 0.1) is 5.01 Å². The summed E-state index contributed by atoms with van der Waals surface area (Å²) >= 11 is 1.76. The molecule has 1 atom stereocenters. The lowest BCUT2D eigenvalue weighted by atomic mass is 9.94. The fraction of sp³-hybridized carbons (Fsp3) is 0.438. The number of aryl methyl sites for hydroxylation is 1. The summed E-state index contributed by atoms with van der Waals surface area (Å²) in [6.45, 7) is 5.22. The standard InChI is InChI=1S/C16H21N3S/c1-12-11-20-16(19-12)6-7-17-9-13-8-14-4-2-3-5-15(14)18-10-13/h2-5,11,13,17-18H,6-10H2,1H3. The highest BCUT2D eigenvalue weighted by Gasteiger charge is 2.16. The molecule has 1 aliphatic heterocycles. The SMILES string of the molecule is Cc1csc(CCNCC2CNc3ccccc3C2)n1. The normalized spacial score (nSPS) is 17.6. The maximum Gasteiger partial charge on any atom is 0.0940 e. The van der Waals surface area contributed by atoms with Crippen LogP contribution in [0.25, 0.3) is 0 Å². The van der Waals surface area contributed by atoms with Crippen molar-refractivity contribution >= 4 is 17.0 Å². The third-order valence-corrected chi connectivity index (χ3v) is 4.75. The van der Waals surface area contributed by atoms with Crippen molar-refractivity contribution in [2.75, 3.05) is 25.0 Å². The van der Waals surface area contributed by atoms with Gasteiger partial charge in [-0.25, -0.2) is 4.98 Å². The van der Waals surface area contributed by atoms with Crippen LogP contribution in [0.15, 0.2) is 29.6 Å². The van der Waals surface area contributed by atoms with Crippen molar-refractivity contribution in [3.05, 3.63) is 45.9 Å². The van der Waals surface area contributed by atoms with Crippen molar-refractivity contribution < 1.29 is 0 Å². The molecule has 1 aromatic heterocycles. The zero-order valence-corrected chi connectivity index (χ0v) is 12.7. The second kappa shape index (κ2) is 6.37. The van der Waals surface area contributed by atoms with Gasteiger partial charge in [0.25, 0.3) is 0 Å². The summed E-state index contributed by atoms with van der Waals surface area (Å²) in [6, 6.07) is 8.62. The minimum absolute atomic E-state index is 0.683. The van der Waals surface area contributed by atoms with Crippen LogP contribution in [0.3, 0.4) is 0 Å². The van der Waals surface area contributed by atoms with Crippen molar-refractivity contribution in [3.8, 4) is 0 Å². The maximum absolute atomic E-state index is 4.49.